The molecule has 7 nitrogen and oxygen atoms in total. The van der Waals surface area contributed by atoms with Crippen molar-refractivity contribution in [2.45, 2.75) is 4.90 Å². The van der Waals surface area contributed by atoms with E-state index in [0.717, 1.165) is 13.2 Å². The Kier molecular flexibility index (Phi) is 5.70. The first-order valence-corrected chi connectivity index (χ1v) is 7.66. The molecule has 0 aliphatic carbocycles. The fraction of sp³-hybridized carbons (Fsp3) is 0.462. The Morgan fingerprint density at radius 2 is 1.86 bits per heavy atom. The molecule has 0 unspecified atom stereocenters. The van der Waals surface area contributed by atoms with Crippen molar-refractivity contribution in [1.29, 1.82) is 0 Å². The fourth-order valence-corrected chi connectivity index (χ4v) is 2.78. The molecule has 0 saturated carbocycles. The Labute approximate surface area is 124 Å². The number of sulfonamides is 1. The topological polar surface area (TPSA) is 87.2 Å². The van der Waals surface area contributed by atoms with Gasteiger partial charge in [0.2, 0.25) is 10.0 Å². The lowest BCUT2D eigenvalue weighted by Gasteiger charge is -2.19. The van der Waals surface area contributed by atoms with E-state index in [1.54, 1.807) is 0 Å². The van der Waals surface area contributed by atoms with Crippen LogP contribution in [0, 0.1) is 0 Å². The highest BCUT2D eigenvalue weighted by molar-refractivity contribution is 7.89. The van der Waals surface area contributed by atoms with E-state index in [4.69, 9.17) is 0 Å². The summed E-state index contributed by atoms with van der Waals surface area (Å²) < 4.78 is 30.5. The number of ether oxygens (including phenoxy) is 1. The van der Waals surface area contributed by atoms with Crippen LogP contribution in [0.1, 0.15) is 10.4 Å². The van der Waals surface area contributed by atoms with Crippen LogP contribution in [-0.4, -0.2) is 70.0 Å². The van der Waals surface area contributed by atoms with Gasteiger partial charge in [-0.25, -0.2) is 13.2 Å². The number of aromatic hydroxyl groups is 1. The van der Waals surface area contributed by atoms with Crippen LogP contribution in [0.15, 0.2) is 23.1 Å². The van der Waals surface area contributed by atoms with Crippen molar-refractivity contribution >= 4 is 16.0 Å². The van der Waals surface area contributed by atoms with E-state index < -0.39 is 16.0 Å². The van der Waals surface area contributed by atoms with Gasteiger partial charge in [0.15, 0.2) is 0 Å². The maximum Gasteiger partial charge on any atom is 0.341 e. The Balaban J connectivity index is 3.11. The van der Waals surface area contributed by atoms with E-state index in [1.165, 1.54) is 23.5 Å². The molecule has 0 saturated heterocycles. The van der Waals surface area contributed by atoms with Gasteiger partial charge >= 0.3 is 5.97 Å². The van der Waals surface area contributed by atoms with E-state index in [0.29, 0.717) is 13.1 Å². The number of phenols is 1. The summed E-state index contributed by atoms with van der Waals surface area (Å²) in [6.45, 7) is 0.876. The van der Waals surface area contributed by atoms with E-state index in [9.17, 15) is 18.3 Å². The molecule has 0 heterocycles. The number of hydrogen-bond donors (Lipinski definition) is 1. The fourth-order valence-electron chi connectivity index (χ4n) is 1.59. The highest BCUT2D eigenvalue weighted by atomic mass is 32.2. The maximum absolute atomic E-state index is 12.4. The third kappa shape index (κ3) is 4.16. The van der Waals surface area contributed by atoms with Crippen molar-refractivity contribution in [2.75, 3.05) is 41.3 Å². The van der Waals surface area contributed by atoms with Gasteiger partial charge in [-0.2, -0.15) is 4.31 Å². The highest BCUT2D eigenvalue weighted by Gasteiger charge is 2.23. The summed E-state index contributed by atoms with van der Waals surface area (Å²) in [5, 5.41) is 9.60. The molecule has 1 aromatic carbocycles. The minimum absolute atomic E-state index is 0.0676. The molecule has 0 aromatic heterocycles. The Hall–Kier alpha value is -1.64. The van der Waals surface area contributed by atoms with Gasteiger partial charge in [0, 0.05) is 20.1 Å². The summed E-state index contributed by atoms with van der Waals surface area (Å²) in [6.07, 6.45) is 0. The van der Waals surface area contributed by atoms with Gasteiger partial charge in [-0.3, -0.25) is 0 Å². The molecule has 118 valence electrons. The molecule has 0 aliphatic heterocycles. The predicted octanol–water partition coefficient (Wildman–Crippen LogP) is 0.361. The lowest BCUT2D eigenvalue weighted by Crippen LogP contribution is -2.33. The molecular formula is C13H20N2O5S. The van der Waals surface area contributed by atoms with Crippen LogP contribution in [0.3, 0.4) is 0 Å². The summed E-state index contributed by atoms with van der Waals surface area (Å²) in [5.74, 6) is -1.11. The standard InChI is InChI=1S/C13H20N2O5S/c1-14(2)7-8-15(3)21(18,19)10-5-6-12(16)11(9-10)13(17)20-4/h5-6,9,16H,7-8H2,1-4H3. The number of rotatable bonds is 6. The maximum atomic E-state index is 12.4. The molecule has 21 heavy (non-hydrogen) atoms. The minimum atomic E-state index is -3.73. The van der Waals surface area contributed by atoms with Gasteiger partial charge in [0.1, 0.15) is 11.3 Å². The first kappa shape index (κ1) is 17.4. The Morgan fingerprint density at radius 1 is 1.24 bits per heavy atom. The summed E-state index contributed by atoms with van der Waals surface area (Å²) in [6, 6.07) is 3.53. The van der Waals surface area contributed by atoms with Crippen molar-refractivity contribution in [3.8, 4) is 5.75 Å². The van der Waals surface area contributed by atoms with Crippen LogP contribution in [0.25, 0.3) is 0 Å². The first-order valence-electron chi connectivity index (χ1n) is 6.22. The number of carbonyl (C=O) groups is 1. The number of methoxy groups -OCH3 is 1. The minimum Gasteiger partial charge on any atom is -0.507 e. The number of hydrogen-bond acceptors (Lipinski definition) is 6. The monoisotopic (exact) mass is 316 g/mol. The van der Waals surface area contributed by atoms with Crippen LogP contribution in [-0.2, 0) is 14.8 Å². The largest absolute Gasteiger partial charge is 0.507 e. The van der Waals surface area contributed by atoms with Gasteiger partial charge in [-0.15, -0.1) is 0 Å². The third-order valence-electron chi connectivity index (χ3n) is 2.94. The van der Waals surface area contributed by atoms with Crippen LogP contribution >= 0.6 is 0 Å². The summed E-state index contributed by atoms with van der Waals surface area (Å²) >= 11 is 0. The average molecular weight is 316 g/mol. The van der Waals surface area contributed by atoms with Crippen LogP contribution in [0.5, 0.6) is 5.75 Å². The van der Waals surface area contributed by atoms with Crippen molar-refractivity contribution in [3.05, 3.63) is 23.8 Å². The molecular weight excluding hydrogens is 296 g/mol. The quantitative estimate of drug-likeness (QED) is 0.763. The van der Waals surface area contributed by atoms with Crippen molar-refractivity contribution in [3.63, 3.8) is 0 Å². The lowest BCUT2D eigenvalue weighted by molar-refractivity contribution is 0.0597. The molecule has 0 aliphatic rings. The molecule has 0 radical (unpaired) electrons. The smallest absolute Gasteiger partial charge is 0.341 e. The number of carbonyl (C=O) groups excluding carboxylic acids is 1. The molecule has 1 aromatic rings. The zero-order valence-corrected chi connectivity index (χ0v) is 13.3. The number of benzene rings is 1. The summed E-state index contributed by atoms with van der Waals surface area (Å²) in [7, 11) is 2.58. The van der Waals surface area contributed by atoms with Crippen molar-refractivity contribution < 1.29 is 23.1 Å². The van der Waals surface area contributed by atoms with Gasteiger partial charge in [0.25, 0.3) is 0 Å². The van der Waals surface area contributed by atoms with Crippen molar-refractivity contribution in [2.24, 2.45) is 0 Å². The molecule has 0 bridgehead atoms. The molecule has 0 amide bonds. The number of esters is 1. The zero-order chi connectivity index (χ0) is 16.2. The molecule has 0 fully saturated rings. The first-order chi connectivity index (χ1) is 9.70. The van der Waals surface area contributed by atoms with E-state index in [1.807, 2.05) is 19.0 Å². The van der Waals surface area contributed by atoms with Crippen molar-refractivity contribution in [1.82, 2.24) is 9.21 Å². The van der Waals surface area contributed by atoms with E-state index in [-0.39, 0.29) is 16.2 Å². The third-order valence-corrected chi connectivity index (χ3v) is 4.80. The number of nitrogens with zero attached hydrogens (tertiary/aromatic N) is 2. The van der Waals surface area contributed by atoms with Gasteiger partial charge in [-0.1, -0.05) is 0 Å². The van der Waals surface area contributed by atoms with Gasteiger partial charge in [0.05, 0.1) is 12.0 Å². The predicted molar refractivity (Wildman–Crippen MR) is 77.8 cm³/mol. The highest BCUT2D eigenvalue weighted by Crippen LogP contribution is 2.23. The lowest BCUT2D eigenvalue weighted by atomic mass is 10.2. The molecule has 0 spiro atoms. The number of likely N-dealkylation sites (N-methyl/N-ethyl adjacent to an activating group) is 2. The molecule has 1 N–H and O–H groups in total. The van der Waals surface area contributed by atoms with Crippen LogP contribution < -0.4 is 0 Å². The summed E-state index contributed by atoms with van der Waals surface area (Å²) in [4.78, 5) is 13.3. The van der Waals surface area contributed by atoms with E-state index in [2.05, 4.69) is 4.74 Å². The second-order valence-electron chi connectivity index (χ2n) is 4.80. The number of phenolic OH excluding ortho intramolecular Hbond substituents is 1. The van der Waals surface area contributed by atoms with Crippen LogP contribution in [0.4, 0.5) is 0 Å². The summed E-state index contributed by atoms with van der Waals surface area (Å²) in [5.41, 5.74) is -0.181. The van der Waals surface area contributed by atoms with Crippen LogP contribution in [0.2, 0.25) is 0 Å². The second kappa shape index (κ2) is 6.88. The second-order valence-corrected chi connectivity index (χ2v) is 6.85. The van der Waals surface area contributed by atoms with Gasteiger partial charge < -0.3 is 14.7 Å². The van der Waals surface area contributed by atoms with E-state index >= 15 is 0 Å². The Bertz CT molecular complexity index is 613. The van der Waals surface area contributed by atoms with Gasteiger partial charge in [-0.05, 0) is 32.3 Å². The molecule has 0 atom stereocenters. The zero-order valence-electron chi connectivity index (χ0n) is 12.5. The molecule has 1 rings (SSSR count). The average Bonchev–Trinajstić information content (AvgIpc) is 2.43. The normalized spacial score (nSPS) is 11.9. The Morgan fingerprint density at radius 3 is 2.38 bits per heavy atom. The molecule has 8 heteroatoms. The SMILES string of the molecule is COC(=O)c1cc(S(=O)(=O)N(C)CCN(C)C)ccc1O.